The average molecular weight is 413 g/mol. The van der Waals surface area contributed by atoms with Crippen LogP contribution in [0.2, 0.25) is 0 Å². The van der Waals surface area contributed by atoms with Crippen LogP contribution in [0.15, 0.2) is 23.8 Å². The molecule has 0 aromatic rings. The first-order chi connectivity index (χ1) is 14.2. The predicted molar refractivity (Wildman–Crippen MR) is 128 cm³/mol. The molecule has 1 unspecified atom stereocenters. The van der Waals surface area contributed by atoms with Crippen molar-refractivity contribution in [1.82, 2.24) is 0 Å². The number of fused-ring (bicyclic) bond motifs is 5. The Morgan fingerprint density at radius 3 is 2.60 bits per heavy atom. The molecule has 3 fully saturated rings. The zero-order chi connectivity index (χ0) is 21.7. The summed E-state index contributed by atoms with van der Waals surface area (Å²) in [6, 6.07) is 0. The summed E-state index contributed by atoms with van der Waals surface area (Å²) in [4.78, 5) is 0. The van der Waals surface area contributed by atoms with Crippen LogP contribution in [0, 0.1) is 46.3 Å². The highest BCUT2D eigenvalue weighted by Gasteiger charge is 2.58. The van der Waals surface area contributed by atoms with E-state index in [0.717, 1.165) is 48.3 Å². The van der Waals surface area contributed by atoms with Gasteiger partial charge in [0.2, 0.25) is 0 Å². The third-order valence-corrected chi connectivity index (χ3v) is 10.9. The molecule has 0 aromatic heterocycles. The zero-order valence-corrected chi connectivity index (χ0v) is 20.6. The summed E-state index contributed by atoms with van der Waals surface area (Å²) in [5.41, 5.74) is 4.03. The summed E-state index contributed by atoms with van der Waals surface area (Å²) >= 11 is 0. The molecule has 0 heterocycles. The molecular weight excluding hydrogens is 364 g/mol. The van der Waals surface area contributed by atoms with Gasteiger partial charge in [-0.2, -0.15) is 0 Å². The molecular formula is C29H48O. The second-order valence-electron chi connectivity index (χ2n) is 12.4. The van der Waals surface area contributed by atoms with Crippen molar-refractivity contribution in [1.29, 1.82) is 0 Å². The van der Waals surface area contributed by atoms with Gasteiger partial charge < -0.3 is 5.11 Å². The predicted octanol–water partition coefficient (Wildman–Crippen LogP) is 7.94. The Kier molecular flexibility index (Phi) is 6.35. The molecule has 0 bridgehead atoms. The van der Waals surface area contributed by atoms with Crippen molar-refractivity contribution in [2.75, 3.05) is 0 Å². The maximum absolute atomic E-state index is 10.2. The highest BCUT2D eigenvalue weighted by molar-refractivity contribution is 5.26. The van der Waals surface area contributed by atoms with Crippen LogP contribution >= 0.6 is 0 Å². The third-order valence-electron chi connectivity index (χ3n) is 10.9. The van der Waals surface area contributed by atoms with Gasteiger partial charge in [0, 0.05) is 0 Å². The van der Waals surface area contributed by atoms with Gasteiger partial charge in [-0.3, -0.25) is 0 Å². The SMILES string of the molecule is C=C(CC[C@@H](CC)C(C)C)[C@H]1CC[C@H]2[C@@H]3CC=C4CC(O)CC[C@]4(C)[C@H]3CC[C@]12C. The Balaban J connectivity index is 1.48. The van der Waals surface area contributed by atoms with E-state index < -0.39 is 0 Å². The maximum atomic E-state index is 10.2. The average Bonchev–Trinajstić information content (AvgIpc) is 3.06. The van der Waals surface area contributed by atoms with Crippen molar-refractivity contribution in [3.8, 4) is 0 Å². The van der Waals surface area contributed by atoms with Crippen molar-refractivity contribution in [2.45, 2.75) is 111 Å². The van der Waals surface area contributed by atoms with Crippen LogP contribution in [0.4, 0.5) is 0 Å². The van der Waals surface area contributed by atoms with E-state index in [1.807, 2.05) is 0 Å². The van der Waals surface area contributed by atoms with Crippen molar-refractivity contribution >= 4 is 0 Å². The molecule has 3 saturated carbocycles. The summed E-state index contributed by atoms with van der Waals surface area (Å²) in [5.74, 6) is 4.99. The van der Waals surface area contributed by atoms with Crippen molar-refractivity contribution in [2.24, 2.45) is 46.3 Å². The lowest BCUT2D eigenvalue weighted by molar-refractivity contribution is -0.0457. The van der Waals surface area contributed by atoms with Gasteiger partial charge in [-0.1, -0.05) is 64.8 Å². The van der Waals surface area contributed by atoms with Crippen molar-refractivity contribution in [3.05, 3.63) is 23.8 Å². The molecule has 170 valence electrons. The highest BCUT2D eigenvalue weighted by Crippen LogP contribution is 2.67. The molecule has 0 aliphatic heterocycles. The largest absolute Gasteiger partial charge is 0.393 e. The van der Waals surface area contributed by atoms with Crippen LogP contribution in [0.3, 0.4) is 0 Å². The second kappa shape index (κ2) is 8.42. The van der Waals surface area contributed by atoms with E-state index in [9.17, 15) is 5.11 Å². The van der Waals surface area contributed by atoms with Crippen LogP contribution in [0.1, 0.15) is 105 Å². The molecule has 1 N–H and O–H groups in total. The van der Waals surface area contributed by atoms with Gasteiger partial charge in [0.1, 0.15) is 0 Å². The molecule has 4 aliphatic rings. The van der Waals surface area contributed by atoms with Crippen LogP contribution in [-0.2, 0) is 0 Å². The molecule has 30 heavy (non-hydrogen) atoms. The molecule has 8 atom stereocenters. The highest BCUT2D eigenvalue weighted by atomic mass is 16.3. The monoisotopic (exact) mass is 412 g/mol. The van der Waals surface area contributed by atoms with E-state index in [1.165, 1.54) is 57.8 Å². The lowest BCUT2D eigenvalue weighted by atomic mass is 9.47. The molecule has 4 aliphatic carbocycles. The van der Waals surface area contributed by atoms with Gasteiger partial charge in [0.15, 0.2) is 0 Å². The maximum Gasteiger partial charge on any atom is 0.0577 e. The van der Waals surface area contributed by atoms with E-state index in [2.05, 4.69) is 40.7 Å². The standard InChI is InChI=1S/C29H48O/c1-7-21(19(2)3)9-8-20(4)25-12-13-26-24-11-10-22-18-23(30)14-16-28(22,5)27(24)15-17-29(25,26)6/h10,19,21,23-27,30H,4,7-9,11-18H2,1-3,5-6H3/t21-,23?,24+,25-,26+,27+,28+,29-/m1/s1. The molecule has 0 amide bonds. The Bertz CT molecular complexity index is 674. The van der Waals surface area contributed by atoms with Gasteiger partial charge in [-0.15, -0.1) is 0 Å². The lowest BCUT2D eigenvalue weighted by Crippen LogP contribution is -2.50. The number of hydrogen-bond acceptors (Lipinski definition) is 1. The van der Waals surface area contributed by atoms with Gasteiger partial charge in [0.05, 0.1) is 6.10 Å². The summed E-state index contributed by atoms with van der Waals surface area (Å²) in [5, 5.41) is 10.2. The summed E-state index contributed by atoms with van der Waals surface area (Å²) in [6.07, 6.45) is 16.4. The summed E-state index contributed by atoms with van der Waals surface area (Å²) in [7, 11) is 0. The number of rotatable bonds is 6. The van der Waals surface area contributed by atoms with E-state index in [4.69, 9.17) is 6.58 Å². The number of aliphatic hydroxyl groups is 1. The fourth-order valence-corrected chi connectivity index (χ4v) is 8.87. The van der Waals surface area contributed by atoms with Gasteiger partial charge >= 0.3 is 0 Å². The minimum Gasteiger partial charge on any atom is -0.393 e. The first-order valence-electron chi connectivity index (χ1n) is 13.3. The molecule has 0 spiro atoms. The Morgan fingerprint density at radius 1 is 1.13 bits per heavy atom. The number of allylic oxidation sites excluding steroid dienone is 2. The normalized spacial score (nSPS) is 44.1. The Hall–Kier alpha value is -0.560. The van der Waals surface area contributed by atoms with E-state index in [0.29, 0.717) is 10.8 Å². The lowest BCUT2D eigenvalue weighted by Gasteiger charge is -2.58. The van der Waals surface area contributed by atoms with E-state index >= 15 is 0 Å². The number of hydrogen-bond donors (Lipinski definition) is 1. The minimum atomic E-state index is -0.0910. The first kappa shape index (κ1) is 22.6. The molecule has 0 aromatic carbocycles. The fourth-order valence-electron chi connectivity index (χ4n) is 8.87. The van der Waals surface area contributed by atoms with Crippen LogP contribution in [0.5, 0.6) is 0 Å². The molecule has 4 rings (SSSR count). The summed E-state index contributed by atoms with van der Waals surface area (Å²) in [6.45, 7) is 17.0. The smallest absolute Gasteiger partial charge is 0.0577 e. The second-order valence-corrected chi connectivity index (χ2v) is 12.4. The molecule has 1 nitrogen and oxygen atoms in total. The number of aliphatic hydroxyl groups excluding tert-OH is 1. The quantitative estimate of drug-likeness (QED) is 0.439. The van der Waals surface area contributed by atoms with Gasteiger partial charge in [-0.25, -0.2) is 0 Å². The Labute approximate surface area is 186 Å². The van der Waals surface area contributed by atoms with E-state index in [-0.39, 0.29) is 6.10 Å². The van der Waals surface area contributed by atoms with Gasteiger partial charge in [0.25, 0.3) is 0 Å². The molecule has 0 saturated heterocycles. The zero-order valence-electron chi connectivity index (χ0n) is 20.6. The molecule has 1 heteroatoms. The Morgan fingerprint density at radius 2 is 1.90 bits per heavy atom. The first-order valence-corrected chi connectivity index (χ1v) is 13.3. The molecule has 0 radical (unpaired) electrons. The van der Waals surface area contributed by atoms with Crippen molar-refractivity contribution in [3.63, 3.8) is 0 Å². The third kappa shape index (κ3) is 3.66. The fraction of sp³-hybridized carbons (Fsp3) is 0.862. The van der Waals surface area contributed by atoms with Crippen LogP contribution in [-0.4, -0.2) is 11.2 Å². The van der Waals surface area contributed by atoms with Crippen LogP contribution in [0.25, 0.3) is 0 Å². The topological polar surface area (TPSA) is 20.2 Å². The van der Waals surface area contributed by atoms with Crippen molar-refractivity contribution < 1.29 is 5.11 Å². The van der Waals surface area contributed by atoms with Crippen LogP contribution < -0.4 is 0 Å². The summed E-state index contributed by atoms with van der Waals surface area (Å²) < 4.78 is 0. The minimum absolute atomic E-state index is 0.0910. The van der Waals surface area contributed by atoms with E-state index in [1.54, 1.807) is 11.1 Å². The van der Waals surface area contributed by atoms with Gasteiger partial charge in [-0.05, 0) is 111 Å².